The second kappa shape index (κ2) is 6.23. The number of halogens is 3. The summed E-state index contributed by atoms with van der Waals surface area (Å²) in [7, 11) is 0. The lowest BCUT2D eigenvalue weighted by Crippen LogP contribution is -2.40. The highest BCUT2D eigenvalue weighted by atomic mass is 19.4. The summed E-state index contributed by atoms with van der Waals surface area (Å²) in [6.07, 6.45) is -1.97. The molecule has 1 rings (SSSR count). The number of alkyl halides is 3. The molecule has 108 valence electrons. The minimum Gasteiger partial charge on any atom is -0.345 e. The fourth-order valence-corrected chi connectivity index (χ4v) is 1.93. The Morgan fingerprint density at radius 1 is 1.37 bits per heavy atom. The molecule has 0 bridgehead atoms. The number of rotatable bonds is 5. The fourth-order valence-electron chi connectivity index (χ4n) is 1.93. The molecule has 0 fully saturated rings. The maximum Gasteiger partial charge on any atom is 0.405 e. The van der Waals surface area contributed by atoms with Crippen molar-refractivity contribution in [2.45, 2.75) is 39.4 Å². The Hall–Kier alpha value is -1.30. The molecule has 6 heteroatoms. The van der Waals surface area contributed by atoms with Crippen molar-refractivity contribution in [1.29, 1.82) is 0 Å². The average Bonchev–Trinajstić information content (AvgIpc) is 2.25. The Morgan fingerprint density at radius 2 is 2.00 bits per heavy atom. The van der Waals surface area contributed by atoms with Crippen LogP contribution in [0.15, 0.2) is 12.3 Å². The summed E-state index contributed by atoms with van der Waals surface area (Å²) >= 11 is 0. The standard InChI is InChI=1S/C13H20F3N3/c1-9(2)19(8-13(14,15)16)12-10(3)6-11(4-5-17)7-18-12/h6-7,9H,4-5,8,17H2,1-3H3. The van der Waals surface area contributed by atoms with Gasteiger partial charge in [-0.3, -0.25) is 0 Å². The first-order chi connectivity index (χ1) is 8.74. The Bertz CT molecular complexity index is 416. The first-order valence-corrected chi connectivity index (χ1v) is 6.23. The molecule has 0 aliphatic rings. The highest BCUT2D eigenvalue weighted by Crippen LogP contribution is 2.25. The molecule has 0 unspecified atom stereocenters. The maximum absolute atomic E-state index is 12.6. The van der Waals surface area contributed by atoms with Gasteiger partial charge in [-0.05, 0) is 44.9 Å². The Morgan fingerprint density at radius 3 is 2.42 bits per heavy atom. The van der Waals surface area contributed by atoms with Crippen LogP contribution >= 0.6 is 0 Å². The summed E-state index contributed by atoms with van der Waals surface area (Å²) in [5, 5.41) is 0. The number of nitrogens with two attached hydrogens (primary N) is 1. The molecule has 1 heterocycles. The van der Waals surface area contributed by atoms with Crippen molar-refractivity contribution in [2.24, 2.45) is 5.73 Å². The average molecular weight is 275 g/mol. The van der Waals surface area contributed by atoms with E-state index in [1.807, 2.05) is 6.07 Å². The van der Waals surface area contributed by atoms with Gasteiger partial charge in [0.25, 0.3) is 0 Å². The van der Waals surface area contributed by atoms with E-state index in [1.54, 1.807) is 27.0 Å². The molecule has 3 nitrogen and oxygen atoms in total. The van der Waals surface area contributed by atoms with E-state index in [0.717, 1.165) is 11.1 Å². The molecule has 0 atom stereocenters. The first-order valence-electron chi connectivity index (χ1n) is 6.23. The summed E-state index contributed by atoms with van der Waals surface area (Å²) in [6, 6.07) is 1.58. The van der Waals surface area contributed by atoms with Gasteiger partial charge in [0.1, 0.15) is 12.4 Å². The van der Waals surface area contributed by atoms with Crippen LogP contribution in [-0.4, -0.2) is 30.3 Å². The third-order valence-electron chi connectivity index (χ3n) is 2.79. The van der Waals surface area contributed by atoms with Crippen molar-refractivity contribution >= 4 is 5.82 Å². The van der Waals surface area contributed by atoms with Crippen LogP contribution in [0.4, 0.5) is 19.0 Å². The lowest BCUT2D eigenvalue weighted by atomic mass is 10.1. The smallest absolute Gasteiger partial charge is 0.345 e. The van der Waals surface area contributed by atoms with Gasteiger partial charge < -0.3 is 10.6 Å². The number of aromatic nitrogens is 1. The maximum atomic E-state index is 12.6. The van der Waals surface area contributed by atoms with E-state index in [9.17, 15) is 13.2 Å². The van der Waals surface area contributed by atoms with Crippen molar-refractivity contribution in [3.63, 3.8) is 0 Å². The molecule has 0 radical (unpaired) electrons. The number of hydrogen-bond donors (Lipinski definition) is 1. The van der Waals surface area contributed by atoms with Crippen molar-refractivity contribution in [1.82, 2.24) is 4.98 Å². The minimum atomic E-state index is -4.24. The summed E-state index contributed by atoms with van der Waals surface area (Å²) < 4.78 is 37.8. The van der Waals surface area contributed by atoms with Crippen LogP contribution < -0.4 is 10.6 Å². The summed E-state index contributed by atoms with van der Waals surface area (Å²) in [5.41, 5.74) is 7.14. The van der Waals surface area contributed by atoms with Gasteiger partial charge in [-0.15, -0.1) is 0 Å². The number of pyridine rings is 1. The van der Waals surface area contributed by atoms with E-state index < -0.39 is 12.7 Å². The summed E-state index contributed by atoms with van der Waals surface area (Å²) in [5.74, 6) is 0.382. The van der Waals surface area contributed by atoms with Gasteiger partial charge in [-0.25, -0.2) is 4.98 Å². The fraction of sp³-hybridized carbons (Fsp3) is 0.615. The third-order valence-corrected chi connectivity index (χ3v) is 2.79. The van der Waals surface area contributed by atoms with Crippen molar-refractivity contribution in [3.8, 4) is 0 Å². The summed E-state index contributed by atoms with van der Waals surface area (Å²) in [6.45, 7) is 4.72. The van der Waals surface area contributed by atoms with Crippen LogP contribution in [0.1, 0.15) is 25.0 Å². The van der Waals surface area contributed by atoms with Crippen LogP contribution in [-0.2, 0) is 6.42 Å². The molecule has 0 saturated carbocycles. The van der Waals surface area contributed by atoms with Crippen LogP contribution in [0.2, 0.25) is 0 Å². The topological polar surface area (TPSA) is 42.1 Å². The van der Waals surface area contributed by atoms with Crippen LogP contribution in [0, 0.1) is 6.92 Å². The molecular weight excluding hydrogens is 255 g/mol. The molecule has 19 heavy (non-hydrogen) atoms. The molecule has 0 spiro atoms. The van der Waals surface area contributed by atoms with Crippen molar-refractivity contribution in [2.75, 3.05) is 18.0 Å². The first kappa shape index (κ1) is 15.8. The number of nitrogens with zero attached hydrogens (tertiary/aromatic N) is 2. The number of hydrogen-bond acceptors (Lipinski definition) is 3. The normalized spacial score (nSPS) is 12.0. The largest absolute Gasteiger partial charge is 0.405 e. The monoisotopic (exact) mass is 275 g/mol. The highest BCUT2D eigenvalue weighted by Gasteiger charge is 2.33. The molecule has 1 aromatic rings. The Labute approximate surface area is 111 Å². The third kappa shape index (κ3) is 4.70. The highest BCUT2D eigenvalue weighted by molar-refractivity contribution is 5.48. The second-order valence-corrected chi connectivity index (χ2v) is 4.86. The van der Waals surface area contributed by atoms with Crippen molar-refractivity contribution in [3.05, 3.63) is 23.4 Å². The van der Waals surface area contributed by atoms with Crippen molar-refractivity contribution < 1.29 is 13.2 Å². The van der Waals surface area contributed by atoms with Gasteiger partial charge in [-0.2, -0.15) is 13.2 Å². The summed E-state index contributed by atoms with van der Waals surface area (Å²) in [4.78, 5) is 5.44. The number of anilines is 1. The van der Waals surface area contributed by atoms with Gasteiger partial charge >= 0.3 is 6.18 Å². The predicted octanol–water partition coefficient (Wildman–Crippen LogP) is 2.67. The quantitative estimate of drug-likeness (QED) is 0.898. The zero-order valence-corrected chi connectivity index (χ0v) is 11.5. The molecule has 0 aliphatic heterocycles. The Balaban J connectivity index is 3.03. The minimum absolute atomic E-state index is 0.270. The van der Waals surface area contributed by atoms with Gasteiger partial charge in [0, 0.05) is 12.2 Å². The molecule has 0 aromatic carbocycles. The molecule has 1 aromatic heterocycles. The molecule has 0 amide bonds. The van der Waals surface area contributed by atoms with E-state index in [4.69, 9.17) is 5.73 Å². The lowest BCUT2D eigenvalue weighted by molar-refractivity contribution is -0.120. The molecular formula is C13H20F3N3. The van der Waals surface area contributed by atoms with Crippen LogP contribution in [0.3, 0.4) is 0 Å². The van der Waals surface area contributed by atoms with Gasteiger partial charge in [0.2, 0.25) is 0 Å². The van der Waals surface area contributed by atoms with Gasteiger partial charge in [0.05, 0.1) is 0 Å². The van der Waals surface area contributed by atoms with E-state index >= 15 is 0 Å². The molecule has 0 aliphatic carbocycles. The Kier molecular flexibility index (Phi) is 5.17. The van der Waals surface area contributed by atoms with E-state index in [2.05, 4.69) is 4.98 Å². The van der Waals surface area contributed by atoms with E-state index in [1.165, 1.54) is 4.90 Å². The SMILES string of the molecule is Cc1cc(CCN)cnc1N(CC(F)(F)F)C(C)C. The molecule has 2 N–H and O–H groups in total. The second-order valence-electron chi connectivity index (χ2n) is 4.86. The van der Waals surface area contributed by atoms with Gasteiger partial charge in [0.15, 0.2) is 0 Å². The molecule has 0 saturated heterocycles. The van der Waals surface area contributed by atoms with Crippen LogP contribution in [0.5, 0.6) is 0 Å². The van der Waals surface area contributed by atoms with E-state index in [0.29, 0.717) is 18.8 Å². The zero-order valence-electron chi connectivity index (χ0n) is 11.5. The predicted molar refractivity (Wildman–Crippen MR) is 70.3 cm³/mol. The van der Waals surface area contributed by atoms with Gasteiger partial charge in [-0.1, -0.05) is 6.07 Å². The van der Waals surface area contributed by atoms with E-state index in [-0.39, 0.29) is 6.04 Å². The zero-order chi connectivity index (χ0) is 14.6. The lowest BCUT2D eigenvalue weighted by Gasteiger charge is -2.30. The number of aryl methyl sites for hydroxylation is 1. The van der Waals surface area contributed by atoms with Crippen LogP contribution in [0.25, 0.3) is 0 Å².